The van der Waals surface area contributed by atoms with Crippen LogP contribution < -0.4 is 0 Å². The lowest BCUT2D eigenvalue weighted by Crippen LogP contribution is -1.94. The molecule has 8 aromatic carbocycles. The molecule has 0 saturated carbocycles. The monoisotopic (exact) mass is 648 g/mol. The van der Waals surface area contributed by atoms with Gasteiger partial charge in [-0.2, -0.15) is 0 Å². The Kier molecular flexibility index (Phi) is 6.85. The molecule has 0 spiro atoms. The maximum Gasteiger partial charge on any atom is 0.0714 e. The summed E-state index contributed by atoms with van der Waals surface area (Å²) in [6.45, 7) is 0. The van der Waals surface area contributed by atoms with E-state index in [9.17, 15) is 0 Å². The third-order valence-electron chi connectivity index (χ3n) is 10.3. The zero-order valence-electron chi connectivity index (χ0n) is 27.9. The quantitative estimate of drug-likeness (QED) is 0.170. The van der Waals surface area contributed by atoms with Crippen LogP contribution in [0.4, 0.5) is 0 Å². The maximum atomic E-state index is 5.17. The Morgan fingerprint density at radius 1 is 0.314 bits per heavy atom. The van der Waals surface area contributed by atoms with Gasteiger partial charge < -0.3 is 4.57 Å². The van der Waals surface area contributed by atoms with Crippen molar-refractivity contribution in [3.8, 4) is 50.3 Å². The lowest BCUT2D eigenvalue weighted by Gasteiger charge is -2.17. The van der Waals surface area contributed by atoms with E-state index in [-0.39, 0.29) is 0 Å². The van der Waals surface area contributed by atoms with Crippen molar-refractivity contribution >= 4 is 43.4 Å². The largest absolute Gasteiger partial charge is 0.309 e. The molecular formula is C49H32N2. The van der Waals surface area contributed by atoms with Gasteiger partial charge in [0.15, 0.2) is 0 Å². The normalized spacial score (nSPS) is 11.5. The second kappa shape index (κ2) is 12.0. The topological polar surface area (TPSA) is 17.8 Å². The molecule has 0 aliphatic heterocycles. The highest BCUT2D eigenvalue weighted by Crippen LogP contribution is 2.44. The summed E-state index contributed by atoms with van der Waals surface area (Å²) in [6.07, 6.45) is 2.03. The smallest absolute Gasteiger partial charge is 0.0714 e. The Morgan fingerprint density at radius 3 is 1.45 bits per heavy atom. The molecule has 2 aromatic heterocycles. The minimum atomic E-state index is 0.969. The molecule has 2 heterocycles. The minimum absolute atomic E-state index is 0.969. The number of fused-ring (bicyclic) bond motifs is 5. The van der Waals surface area contributed by atoms with Gasteiger partial charge in [-0.3, -0.25) is 4.98 Å². The van der Waals surface area contributed by atoms with Crippen molar-refractivity contribution in [1.82, 2.24) is 9.55 Å². The van der Waals surface area contributed by atoms with Crippen LogP contribution in [-0.4, -0.2) is 9.55 Å². The molecule has 238 valence electrons. The third-order valence-corrected chi connectivity index (χ3v) is 10.3. The van der Waals surface area contributed by atoms with Crippen LogP contribution in [0.5, 0.6) is 0 Å². The van der Waals surface area contributed by atoms with Crippen LogP contribution in [0.25, 0.3) is 93.7 Å². The number of rotatable bonds is 5. The Labute approximate surface area is 296 Å². The first-order chi connectivity index (χ1) is 25.3. The SMILES string of the molecule is c1ccc(-c2ccc(-c3c4ccccc4c(-c4ccc(-c5ccc6c7ccccc7n(-c7ccccc7)c6c5)cn4)c4ccccc34)cc2)cc1. The van der Waals surface area contributed by atoms with Gasteiger partial charge in [0.25, 0.3) is 0 Å². The molecule has 0 saturated heterocycles. The van der Waals surface area contributed by atoms with Crippen molar-refractivity contribution in [2.24, 2.45) is 0 Å². The molecule has 0 amide bonds. The van der Waals surface area contributed by atoms with Crippen LogP contribution in [0.1, 0.15) is 0 Å². The van der Waals surface area contributed by atoms with E-state index in [2.05, 4.69) is 193 Å². The maximum absolute atomic E-state index is 5.17. The molecule has 0 unspecified atom stereocenters. The molecule has 2 heteroatoms. The fourth-order valence-corrected chi connectivity index (χ4v) is 7.89. The summed E-state index contributed by atoms with van der Waals surface area (Å²) in [4.78, 5) is 5.17. The van der Waals surface area contributed by atoms with Gasteiger partial charge in [-0.15, -0.1) is 0 Å². The summed E-state index contributed by atoms with van der Waals surface area (Å²) in [5, 5.41) is 7.36. The summed E-state index contributed by atoms with van der Waals surface area (Å²) in [6, 6.07) is 67.6. The minimum Gasteiger partial charge on any atom is -0.309 e. The molecule has 10 aromatic rings. The number of hydrogen-bond acceptors (Lipinski definition) is 1. The standard InChI is InChI=1S/C49H32N2/c1-3-13-33(14-4-1)34-23-25-35(26-24-34)48-41-18-7-9-20-43(41)49(44-21-10-8-19-42(44)48)45-30-28-37(32-50-45)36-27-29-40-39-17-11-12-22-46(39)51(47(40)31-36)38-15-5-2-6-16-38/h1-32H. The summed E-state index contributed by atoms with van der Waals surface area (Å²) >= 11 is 0. The summed E-state index contributed by atoms with van der Waals surface area (Å²) in [7, 11) is 0. The van der Waals surface area contributed by atoms with Crippen molar-refractivity contribution in [3.05, 3.63) is 194 Å². The second-order valence-corrected chi connectivity index (χ2v) is 13.1. The summed E-state index contributed by atoms with van der Waals surface area (Å²) < 4.78 is 2.37. The average molecular weight is 649 g/mol. The predicted octanol–water partition coefficient (Wildman–Crippen LogP) is 13.2. The van der Waals surface area contributed by atoms with E-state index in [0.29, 0.717) is 0 Å². The molecule has 10 rings (SSSR count). The molecule has 0 N–H and O–H groups in total. The van der Waals surface area contributed by atoms with Crippen LogP contribution in [0.3, 0.4) is 0 Å². The highest BCUT2D eigenvalue weighted by molar-refractivity contribution is 6.21. The molecule has 0 bridgehead atoms. The predicted molar refractivity (Wildman–Crippen MR) is 215 cm³/mol. The Bertz CT molecular complexity index is 2810. The van der Waals surface area contributed by atoms with Crippen LogP contribution >= 0.6 is 0 Å². The fraction of sp³-hybridized carbons (Fsp3) is 0. The van der Waals surface area contributed by atoms with Crippen LogP contribution in [-0.2, 0) is 0 Å². The van der Waals surface area contributed by atoms with Crippen molar-refractivity contribution in [1.29, 1.82) is 0 Å². The average Bonchev–Trinajstić information content (AvgIpc) is 3.54. The van der Waals surface area contributed by atoms with Gasteiger partial charge in [0.2, 0.25) is 0 Å². The van der Waals surface area contributed by atoms with E-state index in [4.69, 9.17) is 4.98 Å². The van der Waals surface area contributed by atoms with Crippen molar-refractivity contribution in [2.75, 3.05) is 0 Å². The molecule has 0 aliphatic rings. The lowest BCUT2D eigenvalue weighted by molar-refractivity contribution is 1.18. The Morgan fingerprint density at radius 2 is 0.804 bits per heavy atom. The van der Waals surface area contributed by atoms with Crippen LogP contribution in [0.15, 0.2) is 194 Å². The zero-order chi connectivity index (χ0) is 33.7. The fourth-order valence-electron chi connectivity index (χ4n) is 7.89. The Balaban J connectivity index is 1.10. The van der Waals surface area contributed by atoms with Gasteiger partial charge in [0.05, 0.1) is 16.7 Å². The van der Waals surface area contributed by atoms with E-state index < -0.39 is 0 Å². The van der Waals surface area contributed by atoms with Gasteiger partial charge in [-0.1, -0.05) is 158 Å². The van der Waals surface area contributed by atoms with Crippen molar-refractivity contribution in [2.45, 2.75) is 0 Å². The molecule has 0 aliphatic carbocycles. The van der Waals surface area contributed by atoms with Gasteiger partial charge in [-0.25, -0.2) is 0 Å². The first-order valence-corrected chi connectivity index (χ1v) is 17.5. The van der Waals surface area contributed by atoms with Crippen molar-refractivity contribution in [3.63, 3.8) is 0 Å². The first kappa shape index (κ1) is 29.2. The number of aromatic nitrogens is 2. The lowest BCUT2D eigenvalue weighted by atomic mass is 9.87. The summed E-state index contributed by atoms with van der Waals surface area (Å²) in [5.74, 6) is 0. The molecule has 51 heavy (non-hydrogen) atoms. The molecular weight excluding hydrogens is 617 g/mol. The summed E-state index contributed by atoms with van der Waals surface area (Å²) in [5.41, 5.74) is 12.8. The number of nitrogens with zero attached hydrogens (tertiary/aromatic N) is 2. The number of pyridine rings is 1. The first-order valence-electron chi connectivity index (χ1n) is 17.5. The number of benzene rings is 8. The van der Waals surface area contributed by atoms with Gasteiger partial charge in [0, 0.05) is 33.8 Å². The van der Waals surface area contributed by atoms with Gasteiger partial charge in [-0.05, 0) is 79.7 Å². The van der Waals surface area contributed by atoms with E-state index in [1.807, 2.05) is 6.20 Å². The molecule has 0 fully saturated rings. The molecule has 0 atom stereocenters. The van der Waals surface area contributed by atoms with E-state index in [0.717, 1.165) is 28.1 Å². The van der Waals surface area contributed by atoms with Crippen molar-refractivity contribution < 1.29 is 0 Å². The second-order valence-electron chi connectivity index (χ2n) is 13.1. The third kappa shape index (κ3) is 4.84. The van der Waals surface area contributed by atoms with E-state index >= 15 is 0 Å². The van der Waals surface area contributed by atoms with Gasteiger partial charge >= 0.3 is 0 Å². The van der Waals surface area contributed by atoms with Crippen LogP contribution in [0, 0.1) is 0 Å². The van der Waals surface area contributed by atoms with E-state index in [1.54, 1.807) is 0 Å². The van der Waals surface area contributed by atoms with Crippen LogP contribution in [0.2, 0.25) is 0 Å². The molecule has 0 radical (unpaired) electrons. The highest BCUT2D eigenvalue weighted by Gasteiger charge is 2.18. The Hall–Kier alpha value is -6.77. The van der Waals surface area contributed by atoms with E-state index in [1.165, 1.54) is 65.6 Å². The van der Waals surface area contributed by atoms with Gasteiger partial charge in [0.1, 0.15) is 0 Å². The number of hydrogen-bond donors (Lipinski definition) is 0. The number of para-hydroxylation sites is 2. The molecule has 2 nitrogen and oxygen atoms in total. The zero-order valence-corrected chi connectivity index (χ0v) is 27.9. The highest BCUT2D eigenvalue weighted by atomic mass is 15.0.